The summed E-state index contributed by atoms with van der Waals surface area (Å²) in [7, 11) is 0. The van der Waals surface area contributed by atoms with Gasteiger partial charge in [-0.05, 0) is 45.2 Å². The minimum Gasteiger partial charge on any atom is -0.462 e. The van der Waals surface area contributed by atoms with Gasteiger partial charge in [0.2, 0.25) is 0 Å². The van der Waals surface area contributed by atoms with E-state index in [0.29, 0.717) is 6.54 Å². The molecule has 0 amide bonds. The Morgan fingerprint density at radius 2 is 2.06 bits per heavy atom. The highest BCUT2D eigenvalue weighted by Crippen LogP contribution is 2.54. The van der Waals surface area contributed by atoms with Gasteiger partial charge in [-0.3, -0.25) is 4.79 Å². The molecule has 18 heavy (non-hydrogen) atoms. The number of carbonyl (C=O) groups excluding carboxylic acids is 1. The second-order valence-electron chi connectivity index (χ2n) is 5.43. The van der Waals surface area contributed by atoms with Crippen LogP contribution in [0.1, 0.15) is 31.4 Å². The lowest BCUT2D eigenvalue weighted by Gasteiger charge is -2.19. The van der Waals surface area contributed by atoms with Crippen LogP contribution in [0.25, 0.3) is 0 Å². The lowest BCUT2D eigenvalue weighted by atomic mass is 9.92. The van der Waals surface area contributed by atoms with Crippen molar-refractivity contribution in [3.05, 3.63) is 35.4 Å². The second kappa shape index (κ2) is 4.73. The third kappa shape index (κ3) is 2.15. The first-order chi connectivity index (χ1) is 8.50. The van der Waals surface area contributed by atoms with E-state index in [-0.39, 0.29) is 18.0 Å². The summed E-state index contributed by atoms with van der Waals surface area (Å²) in [4.78, 5) is 12.3. The fraction of sp³-hybridized carbons (Fsp3) is 0.533. The molecule has 2 atom stereocenters. The van der Waals surface area contributed by atoms with Crippen molar-refractivity contribution in [3.63, 3.8) is 0 Å². The molecule has 3 nitrogen and oxygen atoms in total. The maximum absolute atomic E-state index is 12.3. The van der Waals surface area contributed by atoms with Gasteiger partial charge in [0.05, 0.1) is 11.5 Å². The maximum Gasteiger partial charge on any atom is 0.317 e. The standard InChI is InChI=1S/C15H21NO2/c1-10(2)18-14(17)15(8-13(15)9-16)12-6-4-11(3)5-7-12/h4-7,10,13H,8-9,16H2,1-3H3. The largest absolute Gasteiger partial charge is 0.462 e. The van der Waals surface area contributed by atoms with Gasteiger partial charge in [0.15, 0.2) is 0 Å². The molecular formula is C15H21NO2. The molecule has 1 aromatic carbocycles. The quantitative estimate of drug-likeness (QED) is 0.830. The molecule has 0 spiro atoms. The van der Waals surface area contributed by atoms with E-state index in [1.54, 1.807) is 0 Å². The Hall–Kier alpha value is -1.35. The van der Waals surface area contributed by atoms with Crippen LogP contribution in [0.2, 0.25) is 0 Å². The highest BCUT2D eigenvalue weighted by atomic mass is 16.5. The summed E-state index contributed by atoms with van der Waals surface area (Å²) in [5, 5.41) is 0. The lowest BCUT2D eigenvalue weighted by molar-refractivity contribution is -0.151. The van der Waals surface area contributed by atoms with Crippen molar-refractivity contribution >= 4 is 5.97 Å². The van der Waals surface area contributed by atoms with Crippen LogP contribution in [-0.2, 0) is 14.9 Å². The number of aryl methyl sites for hydroxylation is 1. The summed E-state index contributed by atoms with van der Waals surface area (Å²) >= 11 is 0. The van der Waals surface area contributed by atoms with Gasteiger partial charge in [-0.2, -0.15) is 0 Å². The summed E-state index contributed by atoms with van der Waals surface area (Å²) in [6, 6.07) is 8.11. The van der Waals surface area contributed by atoms with Crippen LogP contribution >= 0.6 is 0 Å². The van der Waals surface area contributed by atoms with Crippen molar-refractivity contribution < 1.29 is 9.53 Å². The number of rotatable bonds is 4. The van der Waals surface area contributed by atoms with Crippen LogP contribution in [0.15, 0.2) is 24.3 Å². The number of esters is 1. The molecular weight excluding hydrogens is 226 g/mol. The summed E-state index contributed by atoms with van der Waals surface area (Å²) in [5.41, 5.74) is 7.47. The first-order valence-corrected chi connectivity index (χ1v) is 6.49. The number of carbonyl (C=O) groups is 1. The lowest BCUT2D eigenvalue weighted by Crippen LogP contribution is -2.29. The third-order valence-electron chi connectivity index (χ3n) is 3.66. The topological polar surface area (TPSA) is 52.3 Å². The summed E-state index contributed by atoms with van der Waals surface area (Å²) in [6.07, 6.45) is 0.719. The maximum atomic E-state index is 12.3. The van der Waals surface area contributed by atoms with Gasteiger partial charge in [0.1, 0.15) is 0 Å². The van der Waals surface area contributed by atoms with Crippen LogP contribution in [0.5, 0.6) is 0 Å². The van der Waals surface area contributed by atoms with E-state index in [1.165, 1.54) is 5.56 Å². The predicted octanol–water partition coefficient (Wildman–Crippen LogP) is 2.16. The molecule has 1 fully saturated rings. The summed E-state index contributed by atoms with van der Waals surface area (Å²) < 4.78 is 5.40. The van der Waals surface area contributed by atoms with Crippen LogP contribution in [0.3, 0.4) is 0 Å². The van der Waals surface area contributed by atoms with Crippen molar-refractivity contribution in [3.8, 4) is 0 Å². The minimum absolute atomic E-state index is 0.0844. The van der Waals surface area contributed by atoms with E-state index < -0.39 is 5.41 Å². The van der Waals surface area contributed by atoms with E-state index in [1.807, 2.05) is 45.0 Å². The molecule has 0 bridgehead atoms. The molecule has 0 saturated heterocycles. The molecule has 2 N–H and O–H groups in total. The Balaban J connectivity index is 2.28. The smallest absolute Gasteiger partial charge is 0.317 e. The first kappa shape index (κ1) is 13.1. The highest BCUT2D eigenvalue weighted by molar-refractivity contribution is 5.87. The SMILES string of the molecule is Cc1ccc(C2(C(=O)OC(C)C)CC2CN)cc1. The van der Waals surface area contributed by atoms with Gasteiger partial charge in [-0.15, -0.1) is 0 Å². The average molecular weight is 247 g/mol. The molecule has 1 aromatic rings. The predicted molar refractivity (Wildman–Crippen MR) is 71.2 cm³/mol. The van der Waals surface area contributed by atoms with Gasteiger partial charge in [-0.1, -0.05) is 29.8 Å². The van der Waals surface area contributed by atoms with Gasteiger partial charge < -0.3 is 10.5 Å². The number of ether oxygens (including phenoxy) is 1. The summed E-state index contributed by atoms with van der Waals surface area (Å²) in [5.74, 6) is 0.0864. The van der Waals surface area contributed by atoms with Crippen molar-refractivity contribution in [1.82, 2.24) is 0 Å². The Kier molecular flexibility index (Phi) is 3.44. The summed E-state index contributed by atoms with van der Waals surface area (Å²) in [6.45, 7) is 6.32. The van der Waals surface area contributed by atoms with E-state index in [0.717, 1.165) is 12.0 Å². The van der Waals surface area contributed by atoms with Crippen molar-refractivity contribution in [2.75, 3.05) is 6.54 Å². The molecule has 98 valence electrons. The number of hydrogen-bond donors (Lipinski definition) is 1. The fourth-order valence-electron chi connectivity index (χ4n) is 2.51. The average Bonchev–Trinajstić information content (AvgIpc) is 3.05. The van der Waals surface area contributed by atoms with Crippen molar-refractivity contribution in [2.45, 2.75) is 38.7 Å². The molecule has 2 unspecified atom stereocenters. The zero-order valence-electron chi connectivity index (χ0n) is 11.3. The Bertz CT molecular complexity index is 438. The molecule has 1 aliphatic carbocycles. The van der Waals surface area contributed by atoms with E-state index in [2.05, 4.69) is 0 Å². The van der Waals surface area contributed by atoms with Gasteiger partial charge in [0, 0.05) is 0 Å². The van der Waals surface area contributed by atoms with Crippen molar-refractivity contribution in [1.29, 1.82) is 0 Å². The normalized spacial score (nSPS) is 26.2. The van der Waals surface area contributed by atoms with E-state index >= 15 is 0 Å². The number of nitrogens with two attached hydrogens (primary N) is 1. The molecule has 1 aliphatic rings. The van der Waals surface area contributed by atoms with Gasteiger partial charge in [-0.25, -0.2) is 0 Å². The molecule has 0 radical (unpaired) electrons. The van der Waals surface area contributed by atoms with Crippen LogP contribution in [-0.4, -0.2) is 18.6 Å². The second-order valence-corrected chi connectivity index (χ2v) is 5.43. The molecule has 3 heteroatoms. The zero-order valence-corrected chi connectivity index (χ0v) is 11.3. The number of hydrogen-bond acceptors (Lipinski definition) is 3. The molecule has 0 aromatic heterocycles. The monoisotopic (exact) mass is 247 g/mol. The third-order valence-corrected chi connectivity index (χ3v) is 3.66. The van der Waals surface area contributed by atoms with Crippen LogP contribution < -0.4 is 5.73 Å². The zero-order chi connectivity index (χ0) is 13.3. The highest BCUT2D eigenvalue weighted by Gasteiger charge is 2.61. The molecule has 1 saturated carbocycles. The van der Waals surface area contributed by atoms with Crippen LogP contribution in [0.4, 0.5) is 0 Å². The van der Waals surface area contributed by atoms with Crippen molar-refractivity contribution in [2.24, 2.45) is 11.7 Å². The van der Waals surface area contributed by atoms with Gasteiger partial charge >= 0.3 is 5.97 Å². The number of benzene rings is 1. The van der Waals surface area contributed by atoms with E-state index in [9.17, 15) is 4.79 Å². The molecule has 0 heterocycles. The molecule has 2 rings (SSSR count). The minimum atomic E-state index is -0.493. The van der Waals surface area contributed by atoms with Gasteiger partial charge in [0.25, 0.3) is 0 Å². The Labute approximate surface area is 108 Å². The molecule has 0 aliphatic heterocycles. The first-order valence-electron chi connectivity index (χ1n) is 6.49. The fourth-order valence-corrected chi connectivity index (χ4v) is 2.51. The Morgan fingerprint density at radius 1 is 1.44 bits per heavy atom. The van der Waals surface area contributed by atoms with E-state index in [4.69, 9.17) is 10.5 Å². The van der Waals surface area contributed by atoms with Crippen LogP contribution in [0, 0.1) is 12.8 Å². The Morgan fingerprint density at radius 3 is 2.50 bits per heavy atom.